The van der Waals surface area contributed by atoms with Crippen LogP contribution in [0.4, 0.5) is 5.69 Å². The molecule has 2 N–H and O–H groups in total. The maximum atomic E-state index is 12.1. The van der Waals surface area contributed by atoms with E-state index in [1.165, 1.54) is 22.7 Å². The molecule has 1 unspecified atom stereocenters. The van der Waals surface area contributed by atoms with Crippen molar-refractivity contribution >= 4 is 15.9 Å². The summed E-state index contributed by atoms with van der Waals surface area (Å²) in [6.07, 6.45) is -0.388. The van der Waals surface area contributed by atoms with Crippen LogP contribution >= 0.6 is 0 Å². The smallest absolute Gasteiger partial charge is 0.281 e. The van der Waals surface area contributed by atoms with E-state index in [1.807, 2.05) is 6.92 Å². The van der Waals surface area contributed by atoms with Crippen LogP contribution in [0.15, 0.2) is 12.1 Å². The van der Waals surface area contributed by atoms with Crippen molar-refractivity contribution < 1.29 is 13.2 Å². The minimum Gasteiger partial charge on any atom is -0.399 e. The third kappa shape index (κ3) is 3.09. The topological polar surface area (TPSA) is 88.8 Å². The average Bonchev–Trinajstić information content (AvgIpc) is 2.37. The molecule has 2 rings (SSSR count). The second kappa shape index (κ2) is 5.65. The van der Waals surface area contributed by atoms with Gasteiger partial charge in [0.1, 0.15) is 6.10 Å². The molecular formula is C12H20N4O3S. The van der Waals surface area contributed by atoms with E-state index >= 15 is 0 Å². The summed E-state index contributed by atoms with van der Waals surface area (Å²) >= 11 is 0. The minimum absolute atomic E-state index is 0.246. The molecule has 1 aliphatic heterocycles. The van der Waals surface area contributed by atoms with Crippen LogP contribution in [0.1, 0.15) is 17.5 Å². The first-order valence-corrected chi connectivity index (χ1v) is 7.73. The number of aromatic nitrogens is 1. The Kier molecular flexibility index (Phi) is 4.28. The van der Waals surface area contributed by atoms with E-state index in [1.54, 1.807) is 12.1 Å². The van der Waals surface area contributed by atoms with Crippen LogP contribution in [0.5, 0.6) is 0 Å². The number of hydrogen-bond acceptors (Lipinski definition) is 5. The van der Waals surface area contributed by atoms with Gasteiger partial charge in [0, 0.05) is 38.6 Å². The zero-order chi connectivity index (χ0) is 14.9. The number of pyridine rings is 1. The zero-order valence-electron chi connectivity index (χ0n) is 11.9. The van der Waals surface area contributed by atoms with Gasteiger partial charge in [0.2, 0.25) is 0 Å². The molecule has 7 nitrogen and oxygen atoms in total. The Morgan fingerprint density at radius 1 is 1.45 bits per heavy atom. The van der Waals surface area contributed by atoms with Crippen LogP contribution in [0, 0.1) is 6.92 Å². The molecule has 1 aromatic rings. The van der Waals surface area contributed by atoms with Crippen LogP contribution in [0.25, 0.3) is 0 Å². The molecule has 112 valence electrons. The van der Waals surface area contributed by atoms with Crippen molar-refractivity contribution in [2.45, 2.75) is 13.0 Å². The largest absolute Gasteiger partial charge is 0.399 e. The molecule has 1 atom stereocenters. The summed E-state index contributed by atoms with van der Waals surface area (Å²) < 4.78 is 32.5. The summed E-state index contributed by atoms with van der Waals surface area (Å²) in [4.78, 5) is 4.38. The van der Waals surface area contributed by atoms with Crippen molar-refractivity contribution in [3.63, 3.8) is 0 Å². The molecule has 0 aliphatic carbocycles. The molecule has 1 saturated heterocycles. The SMILES string of the molecule is Cc1cc(N)cc(C2CN(S(=O)(=O)N(C)C)CCO2)n1. The highest BCUT2D eigenvalue weighted by molar-refractivity contribution is 7.86. The molecule has 0 radical (unpaired) electrons. The van der Waals surface area contributed by atoms with Gasteiger partial charge in [-0.3, -0.25) is 4.98 Å². The van der Waals surface area contributed by atoms with Crippen molar-refractivity contribution in [2.75, 3.05) is 39.5 Å². The molecule has 0 saturated carbocycles. The third-order valence-electron chi connectivity index (χ3n) is 3.14. The van der Waals surface area contributed by atoms with E-state index in [9.17, 15) is 8.42 Å². The van der Waals surface area contributed by atoms with E-state index in [-0.39, 0.29) is 12.6 Å². The fourth-order valence-corrected chi connectivity index (χ4v) is 3.22. The van der Waals surface area contributed by atoms with Crippen LogP contribution in [0.2, 0.25) is 0 Å². The minimum atomic E-state index is -3.43. The Morgan fingerprint density at radius 3 is 2.75 bits per heavy atom. The fourth-order valence-electron chi connectivity index (χ4n) is 2.13. The Balaban J connectivity index is 2.23. The van der Waals surface area contributed by atoms with Crippen LogP contribution in [-0.2, 0) is 14.9 Å². The molecule has 1 aliphatic rings. The number of rotatable bonds is 3. The lowest BCUT2D eigenvalue weighted by atomic mass is 10.2. The van der Waals surface area contributed by atoms with Crippen molar-refractivity contribution in [3.8, 4) is 0 Å². The van der Waals surface area contributed by atoms with Gasteiger partial charge in [0.05, 0.1) is 12.3 Å². The fraction of sp³-hybridized carbons (Fsp3) is 0.583. The molecule has 2 heterocycles. The molecule has 20 heavy (non-hydrogen) atoms. The molecule has 0 amide bonds. The Labute approximate surface area is 119 Å². The highest BCUT2D eigenvalue weighted by atomic mass is 32.2. The standard InChI is InChI=1S/C12H20N4O3S/c1-9-6-10(13)7-11(14-9)12-8-16(4-5-19-12)20(17,18)15(2)3/h6-7,12H,4-5,8H2,1-3H3,(H2,13,14). The van der Waals surface area contributed by atoms with Gasteiger partial charge in [-0.1, -0.05) is 0 Å². The highest BCUT2D eigenvalue weighted by Gasteiger charge is 2.32. The number of hydrogen-bond donors (Lipinski definition) is 1. The Hall–Kier alpha value is -1.22. The van der Waals surface area contributed by atoms with Crippen molar-refractivity contribution in [2.24, 2.45) is 0 Å². The number of nitrogens with zero attached hydrogens (tertiary/aromatic N) is 3. The quantitative estimate of drug-likeness (QED) is 0.858. The highest BCUT2D eigenvalue weighted by Crippen LogP contribution is 2.24. The normalized spacial score (nSPS) is 21.3. The summed E-state index contributed by atoms with van der Waals surface area (Å²) in [6, 6.07) is 3.49. The summed E-state index contributed by atoms with van der Waals surface area (Å²) in [7, 11) is -0.400. The van der Waals surface area contributed by atoms with Gasteiger partial charge in [0.25, 0.3) is 10.2 Å². The van der Waals surface area contributed by atoms with Gasteiger partial charge in [-0.05, 0) is 19.1 Å². The maximum Gasteiger partial charge on any atom is 0.281 e. The Bertz CT molecular complexity index is 568. The molecule has 0 spiro atoms. The van der Waals surface area contributed by atoms with Crippen LogP contribution in [-0.4, -0.2) is 55.8 Å². The molecule has 1 fully saturated rings. The second-order valence-corrected chi connectivity index (χ2v) is 7.12. The monoisotopic (exact) mass is 300 g/mol. The average molecular weight is 300 g/mol. The van der Waals surface area contributed by atoms with Gasteiger partial charge in [-0.2, -0.15) is 17.0 Å². The van der Waals surface area contributed by atoms with Gasteiger partial charge in [-0.15, -0.1) is 0 Å². The van der Waals surface area contributed by atoms with Gasteiger partial charge in [0.15, 0.2) is 0 Å². The summed E-state index contributed by atoms with van der Waals surface area (Å²) in [5, 5.41) is 0. The van der Waals surface area contributed by atoms with Crippen LogP contribution < -0.4 is 5.73 Å². The number of nitrogens with two attached hydrogens (primary N) is 1. The molecule has 0 bridgehead atoms. The van der Waals surface area contributed by atoms with Gasteiger partial charge in [-0.25, -0.2) is 0 Å². The van der Waals surface area contributed by atoms with Crippen molar-refractivity contribution in [1.82, 2.24) is 13.6 Å². The lowest BCUT2D eigenvalue weighted by molar-refractivity contribution is -0.00626. The molecule has 8 heteroatoms. The predicted octanol–water partition coefficient (Wildman–Crippen LogP) is 0.152. The van der Waals surface area contributed by atoms with E-state index in [0.717, 1.165) is 5.69 Å². The van der Waals surface area contributed by atoms with Crippen molar-refractivity contribution in [3.05, 3.63) is 23.5 Å². The first kappa shape index (κ1) is 15.2. The predicted molar refractivity (Wildman–Crippen MR) is 76.3 cm³/mol. The number of aryl methyl sites for hydroxylation is 1. The van der Waals surface area contributed by atoms with Crippen LogP contribution in [0.3, 0.4) is 0 Å². The lowest BCUT2D eigenvalue weighted by Gasteiger charge is -2.33. The number of morpholine rings is 1. The number of nitrogen functional groups attached to an aromatic ring is 1. The molecular weight excluding hydrogens is 280 g/mol. The number of anilines is 1. The molecule has 0 aromatic carbocycles. The Morgan fingerprint density at radius 2 is 2.15 bits per heavy atom. The maximum absolute atomic E-state index is 12.1. The lowest BCUT2D eigenvalue weighted by Crippen LogP contribution is -2.47. The second-order valence-electron chi connectivity index (χ2n) is 4.97. The van der Waals surface area contributed by atoms with Gasteiger partial charge < -0.3 is 10.5 Å². The third-order valence-corrected chi connectivity index (χ3v) is 5.05. The van der Waals surface area contributed by atoms with Gasteiger partial charge >= 0.3 is 0 Å². The van der Waals surface area contributed by atoms with E-state index < -0.39 is 10.2 Å². The first-order valence-electron chi connectivity index (χ1n) is 6.34. The summed E-state index contributed by atoms with van der Waals surface area (Å²) in [5.74, 6) is 0. The van der Waals surface area contributed by atoms with E-state index in [0.29, 0.717) is 24.5 Å². The number of ether oxygens (including phenoxy) is 1. The summed E-state index contributed by atoms with van der Waals surface area (Å²) in [6.45, 7) is 2.78. The van der Waals surface area contributed by atoms with E-state index in [2.05, 4.69) is 4.98 Å². The zero-order valence-corrected chi connectivity index (χ0v) is 12.7. The molecule has 1 aromatic heterocycles. The first-order chi connectivity index (χ1) is 9.30. The van der Waals surface area contributed by atoms with E-state index in [4.69, 9.17) is 10.5 Å². The van der Waals surface area contributed by atoms with Crippen molar-refractivity contribution in [1.29, 1.82) is 0 Å². The summed E-state index contributed by atoms with van der Waals surface area (Å²) in [5.41, 5.74) is 7.86.